The highest BCUT2D eigenvalue weighted by atomic mass is 19.4. The molecule has 1 fully saturated rings. The molecule has 1 aliphatic carbocycles. The van der Waals surface area contributed by atoms with Crippen LogP contribution < -0.4 is 9.47 Å². The molecule has 0 bridgehead atoms. The van der Waals surface area contributed by atoms with E-state index in [0.29, 0.717) is 31.4 Å². The molecule has 11 heteroatoms. The zero-order chi connectivity index (χ0) is 25.6. The number of aliphatic hydroxyl groups excluding tert-OH is 1. The predicted octanol–water partition coefficient (Wildman–Crippen LogP) is 6.04. The Bertz CT molecular complexity index is 927. The van der Waals surface area contributed by atoms with Crippen LogP contribution >= 0.6 is 0 Å². The molecule has 4 nitrogen and oxygen atoms in total. The van der Waals surface area contributed by atoms with Crippen LogP contribution in [0.4, 0.5) is 30.7 Å². The molecular weight excluding hydrogens is 483 g/mol. The van der Waals surface area contributed by atoms with E-state index in [-0.39, 0.29) is 18.2 Å². The molecule has 0 heterocycles. The van der Waals surface area contributed by atoms with E-state index in [1.165, 1.54) is 17.0 Å². The highest BCUT2D eigenvalue weighted by Gasteiger charge is 2.44. The number of rotatable bonds is 10. The van der Waals surface area contributed by atoms with Gasteiger partial charge in [-0.15, -0.1) is 0 Å². The van der Waals surface area contributed by atoms with Crippen molar-refractivity contribution in [2.24, 2.45) is 0 Å². The summed E-state index contributed by atoms with van der Waals surface area (Å²) >= 11 is 0. The number of para-hydroxylation sites is 1. The van der Waals surface area contributed by atoms with Crippen molar-refractivity contribution in [2.75, 3.05) is 6.54 Å². The lowest BCUT2D eigenvalue weighted by atomic mass is 9.91. The third-order valence-electron chi connectivity index (χ3n) is 5.74. The number of hydrogen-bond acceptors (Lipinski definition) is 4. The quantitative estimate of drug-likeness (QED) is 0.397. The summed E-state index contributed by atoms with van der Waals surface area (Å²) in [5, 5.41) is 9.73. The van der Waals surface area contributed by atoms with Crippen molar-refractivity contribution in [3.05, 3.63) is 60.2 Å². The Hall–Kier alpha value is -2.53. The second kappa shape index (κ2) is 11.5. The first-order valence-corrected chi connectivity index (χ1v) is 11.1. The SMILES string of the molecule is OC(CN(Cc1cccc(OC(F)(F)C(F)F)c1)C1CCCC(Oc2ccccc2)C1)C(F)(F)F. The summed E-state index contributed by atoms with van der Waals surface area (Å²) < 4.78 is 101. The second-order valence-corrected chi connectivity index (χ2v) is 8.47. The van der Waals surface area contributed by atoms with Crippen LogP contribution in [0.5, 0.6) is 11.5 Å². The fraction of sp³-hybridized carbons (Fsp3) is 0.500. The molecule has 3 atom stereocenters. The summed E-state index contributed by atoms with van der Waals surface area (Å²) in [6, 6.07) is 13.4. The molecule has 2 aromatic rings. The van der Waals surface area contributed by atoms with Crippen LogP contribution in [0.3, 0.4) is 0 Å². The molecular formula is C24H26F7NO3. The van der Waals surface area contributed by atoms with Gasteiger partial charge in [0.25, 0.3) is 0 Å². The van der Waals surface area contributed by atoms with E-state index < -0.39 is 43.2 Å². The van der Waals surface area contributed by atoms with Gasteiger partial charge in [-0.1, -0.05) is 30.3 Å². The molecule has 0 spiro atoms. The van der Waals surface area contributed by atoms with E-state index in [2.05, 4.69) is 4.74 Å². The second-order valence-electron chi connectivity index (χ2n) is 8.47. The minimum atomic E-state index is -4.85. The Morgan fingerprint density at radius 3 is 2.29 bits per heavy atom. The monoisotopic (exact) mass is 509 g/mol. The molecule has 1 N–H and O–H groups in total. The lowest BCUT2D eigenvalue weighted by Gasteiger charge is -2.38. The van der Waals surface area contributed by atoms with E-state index in [4.69, 9.17) is 4.74 Å². The van der Waals surface area contributed by atoms with Crippen molar-refractivity contribution in [3.8, 4) is 11.5 Å². The van der Waals surface area contributed by atoms with Crippen molar-refractivity contribution in [3.63, 3.8) is 0 Å². The van der Waals surface area contributed by atoms with Crippen LogP contribution in [-0.2, 0) is 6.54 Å². The van der Waals surface area contributed by atoms with Gasteiger partial charge >= 0.3 is 18.7 Å². The van der Waals surface area contributed by atoms with Crippen molar-refractivity contribution in [2.45, 2.75) is 69.2 Å². The van der Waals surface area contributed by atoms with Crippen molar-refractivity contribution in [1.29, 1.82) is 0 Å². The molecule has 0 aromatic heterocycles. The maximum Gasteiger partial charge on any atom is 0.461 e. The highest BCUT2D eigenvalue weighted by molar-refractivity contribution is 5.29. The molecule has 0 radical (unpaired) electrons. The number of hydrogen-bond donors (Lipinski definition) is 1. The fourth-order valence-electron chi connectivity index (χ4n) is 4.06. The van der Waals surface area contributed by atoms with E-state index in [9.17, 15) is 35.8 Å². The van der Waals surface area contributed by atoms with E-state index in [1.807, 2.05) is 6.07 Å². The molecule has 0 amide bonds. The maximum atomic E-state index is 13.3. The lowest BCUT2D eigenvalue weighted by molar-refractivity contribution is -0.253. The molecule has 1 saturated carbocycles. The fourth-order valence-corrected chi connectivity index (χ4v) is 4.06. The van der Waals surface area contributed by atoms with E-state index in [1.54, 1.807) is 24.3 Å². The van der Waals surface area contributed by atoms with Gasteiger partial charge in [0.15, 0.2) is 6.10 Å². The first kappa shape index (κ1) is 27.1. The van der Waals surface area contributed by atoms with Gasteiger partial charge in [0, 0.05) is 19.1 Å². The van der Waals surface area contributed by atoms with E-state index >= 15 is 0 Å². The molecule has 1 aliphatic rings. The maximum absolute atomic E-state index is 13.3. The molecule has 0 saturated heterocycles. The average molecular weight is 509 g/mol. The van der Waals surface area contributed by atoms with Gasteiger partial charge in [-0.2, -0.15) is 30.7 Å². The minimum Gasteiger partial charge on any atom is -0.490 e. The van der Waals surface area contributed by atoms with Crippen LogP contribution in [0.2, 0.25) is 0 Å². The van der Waals surface area contributed by atoms with E-state index in [0.717, 1.165) is 12.1 Å². The van der Waals surface area contributed by atoms with Crippen LogP contribution in [0, 0.1) is 0 Å². The molecule has 3 rings (SSSR count). The third-order valence-corrected chi connectivity index (χ3v) is 5.74. The van der Waals surface area contributed by atoms with Crippen molar-refractivity contribution >= 4 is 0 Å². The van der Waals surface area contributed by atoms with Gasteiger partial charge in [-0.05, 0) is 55.5 Å². The van der Waals surface area contributed by atoms with Crippen molar-refractivity contribution in [1.82, 2.24) is 4.90 Å². The van der Waals surface area contributed by atoms with Gasteiger partial charge < -0.3 is 14.6 Å². The zero-order valence-electron chi connectivity index (χ0n) is 18.6. The van der Waals surface area contributed by atoms with Gasteiger partial charge in [-0.25, -0.2) is 0 Å². The Kier molecular flexibility index (Phi) is 8.87. The number of alkyl halides is 7. The van der Waals surface area contributed by atoms with Gasteiger partial charge in [-0.3, -0.25) is 4.90 Å². The number of halogens is 7. The smallest absolute Gasteiger partial charge is 0.461 e. The number of nitrogens with zero attached hydrogens (tertiary/aromatic N) is 1. The molecule has 194 valence electrons. The normalized spacial score (nSPS) is 20.2. The topological polar surface area (TPSA) is 41.9 Å². The molecule has 3 unspecified atom stereocenters. The molecule has 0 aliphatic heterocycles. The van der Waals surface area contributed by atoms with Crippen LogP contribution in [0.15, 0.2) is 54.6 Å². The Labute approximate surface area is 198 Å². The Morgan fingerprint density at radius 1 is 0.943 bits per heavy atom. The molecule has 2 aromatic carbocycles. The highest BCUT2D eigenvalue weighted by Crippen LogP contribution is 2.32. The number of ether oxygens (including phenoxy) is 2. The lowest BCUT2D eigenvalue weighted by Crippen LogP contribution is -2.47. The first-order chi connectivity index (χ1) is 16.4. The predicted molar refractivity (Wildman–Crippen MR) is 114 cm³/mol. The van der Waals surface area contributed by atoms with Gasteiger partial charge in [0.05, 0.1) is 0 Å². The third kappa shape index (κ3) is 7.99. The summed E-state index contributed by atoms with van der Waals surface area (Å²) in [6.07, 6.45) is -14.2. The Morgan fingerprint density at radius 2 is 1.63 bits per heavy atom. The van der Waals surface area contributed by atoms with Crippen molar-refractivity contribution < 1.29 is 45.3 Å². The molecule has 35 heavy (non-hydrogen) atoms. The first-order valence-electron chi connectivity index (χ1n) is 11.1. The Balaban J connectivity index is 1.76. The largest absolute Gasteiger partial charge is 0.490 e. The van der Waals surface area contributed by atoms with Gasteiger partial charge in [0.1, 0.15) is 17.6 Å². The van der Waals surface area contributed by atoms with Gasteiger partial charge in [0.2, 0.25) is 0 Å². The summed E-state index contributed by atoms with van der Waals surface area (Å²) in [5.74, 6) is 0.0860. The average Bonchev–Trinajstić information content (AvgIpc) is 2.79. The number of aliphatic hydroxyl groups is 1. The standard InChI is InChI=1S/C24H26F7NO3/c25-22(26)24(30,31)35-20-11-4-6-16(12-20)14-32(15-21(33)23(27,28)29)17-7-5-10-19(13-17)34-18-8-2-1-3-9-18/h1-4,6,8-9,11-12,17,19,21-22,33H,5,7,10,13-15H2. The van der Waals surface area contributed by atoms with Crippen LogP contribution in [0.25, 0.3) is 0 Å². The summed E-state index contributed by atoms with van der Waals surface area (Å²) in [5.41, 5.74) is 0.271. The number of benzene rings is 2. The van der Waals surface area contributed by atoms with Crippen LogP contribution in [0.1, 0.15) is 31.2 Å². The van der Waals surface area contributed by atoms with Crippen LogP contribution in [-0.4, -0.2) is 53.5 Å². The zero-order valence-corrected chi connectivity index (χ0v) is 18.6. The summed E-state index contributed by atoms with van der Waals surface area (Å²) in [6.45, 7) is -0.891. The summed E-state index contributed by atoms with van der Waals surface area (Å²) in [4.78, 5) is 1.42. The minimum absolute atomic E-state index is 0.146. The summed E-state index contributed by atoms with van der Waals surface area (Å²) in [7, 11) is 0.